The SMILES string of the molecule is Clc1cccc(Nc2ccccc2)c1Cl.[CH3][Ti]([CH3])([CH3])([CH3])([CH3])[C]1=CC=CC1. The van der Waals surface area contributed by atoms with Gasteiger partial charge in [-0.25, -0.2) is 0 Å². The summed E-state index contributed by atoms with van der Waals surface area (Å²) in [6.07, 6.45) is 7.98. The fraction of sp³-hybridized carbons (Fsp3) is 0.273. The Kier molecular flexibility index (Phi) is 5.91. The molecule has 0 aromatic heterocycles. The number of benzene rings is 2. The van der Waals surface area contributed by atoms with Gasteiger partial charge in [0.05, 0.1) is 15.7 Å². The molecule has 1 aliphatic rings. The number of anilines is 2. The minimum atomic E-state index is -2.61. The van der Waals surface area contributed by atoms with E-state index in [0.717, 1.165) is 11.4 Å². The Morgan fingerprint density at radius 1 is 0.846 bits per heavy atom. The van der Waals surface area contributed by atoms with Crippen LogP contribution in [0.25, 0.3) is 0 Å². The number of hydrogen-bond acceptors (Lipinski definition) is 1. The molecular formula is C22H29Cl2NTi. The van der Waals surface area contributed by atoms with Crippen LogP contribution in [0, 0.1) is 0 Å². The van der Waals surface area contributed by atoms with E-state index in [-0.39, 0.29) is 0 Å². The molecule has 1 N–H and O–H groups in total. The van der Waals surface area contributed by atoms with Gasteiger partial charge in [-0.2, -0.15) is 0 Å². The molecule has 0 aliphatic heterocycles. The van der Waals surface area contributed by atoms with Gasteiger partial charge in [-0.1, -0.05) is 47.5 Å². The van der Waals surface area contributed by atoms with E-state index >= 15 is 0 Å². The molecule has 2 aromatic carbocycles. The summed E-state index contributed by atoms with van der Waals surface area (Å²) >= 11 is 9.35. The van der Waals surface area contributed by atoms with Crippen LogP contribution < -0.4 is 5.32 Å². The monoisotopic (exact) mass is 425 g/mol. The van der Waals surface area contributed by atoms with Gasteiger partial charge in [0.15, 0.2) is 0 Å². The summed E-state index contributed by atoms with van der Waals surface area (Å²) in [6.45, 7) is 0. The maximum absolute atomic E-state index is 6.05. The van der Waals surface area contributed by atoms with Crippen molar-refractivity contribution in [1.29, 1.82) is 0 Å². The molecule has 1 aliphatic carbocycles. The third kappa shape index (κ3) is 6.32. The molecule has 0 heterocycles. The van der Waals surface area contributed by atoms with Crippen LogP contribution in [0.5, 0.6) is 0 Å². The van der Waals surface area contributed by atoms with Crippen LogP contribution in [-0.4, -0.2) is 0 Å². The van der Waals surface area contributed by atoms with Gasteiger partial charge in [-0.05, 0) is 24.3 Å². The molecular weight excluding hydrogens is 397 g/mol. The van der Waals surface area contributed by atoms with Crippen molar-refractivity contribution >= 4 is 34.6 Å². The number of halogens is 2. The zero-order chi connectivity index (χ0) is 19.5. The van der Waals surface area contributed by atoms with Gasteiger partial charge in [-0.15, -0.1) is 0 Å². The number of nitrogens with one attached hydrogen (secondary N) is 1. The first-order valence-electron chi connectivity index (χ1n) is 9.00. The van der Waals surface area contributed by atoms with Gasteiger partial charge in [0, 0.05) is 5.69 Å². The summed E-state index contributed by atoms with van der Waals surface area (Å²) in [5.41, 5.74) is 1.80. The van der Waals surface area contributed by atoms with E-state index in [9.17, 15) is 0 Å². The Morgan fingerprint density at radius 3 is 2.00 bits per heavy atom. The molecule has 1 nitrogen and oxygen atoms in total. The maximum atomic E-state index is 6.05. The summed E-state index contributed by atoms with van der Waals surface area (Å²) in [5.74, 6) is 0. The second-order valence-electron chi connectivity index (χ2n) is 10.7. The van der Waals surface area contributed by atoms with Gasteiger partial charge >= 0.3 is 68.7 Å². The van der Waals surface area contributed by atoms with Crippen LogP contribution in [-0.2, 0) is 14.0 Å². The average molecular weight is 426 g/mol. The van der Waals surface area contributed by atoms with Crippen molar-refractivity contribution < 1.29 is 14.0 Å². The molecule has 3 rings (SSSR count). The molecule has 0 spiro atoms. The molecule has 140 valence electrons. The zero-order valence-corrected chi connectivity index (χ0v) is 19.4. The first kappa shape index (κ1) is 21.3. The van der Waals surface area contributed by atoms with Crippen molar-refractivity contribution in [3.05, 3.63) is 80.7 Å². The third-order valence-electron chi connectivity index (χ3n) is 4.38. The average Bonchev–Trinajstić information content (AvgIpc) is 3.08. The molecule has 0 unspecified atom stereocenters. The Morgan fingerprint density at radius 2 is 1.50 bits per heavy atom. The van der Waals surface area contributed by atoms with Crippen LogP contribution in [0.3, 0.4) is 0 Å². The standard InChI is InChI=1S/C12H9Cl2N.C5H5.5CH3.Ti/c13-10-7-4-8-11(12(10)14)15-9-5-2-1-3-6-9;1-2-4-5-3-1;;;;;;/h1-8,15H;1-3H,4H2;5*1H3;. The van der Waals surface area contributed by atoms with E-state index in [1.807, 2.05) is 42.5 Å². The summed E-state index contributed by atoms with van der Waals surface area (Å²) in [6, 6.07) is 15.3. The van der Waals surface area contributed by atoms with Crippen molar-refractivity contribution in [2.75, 3.05) is 5.32 Å². The quantitative estimate of drug-likeness (QED) is 0.483. The summed E-state index contributed by atoms with van der Waals surface area (Å²) in [4.78, 5) is 0. The van der Waals surface area contributed by atoms with E-state index < -0.39 is 14.0 Å². The van der Waals surface area contributed by atoms with Crippen LogP contribution in [0.1, 0.15) is 6.42 Å². The third-order valence-corrected chi connectivity index (χ3v) is 10.8. The first-order chi connectivity index (χ1) is 11.9. The Hall–Kier alpha value is -0.986. The molecule has 4 heteroatoms. The number of allylic oxidation sites excluding steroid dienone is 4. The normalized spacial score (nSPS) is 16.0. The van der Waals surface area contributed by atoms with E-state index in [0.29, 0.717) is 10.0 Å². The van der Waals surface area contributed by atoms with Gasteiger partial charge in [-0.3, -0.25) is 0 Å². The van der Waals surface area contributed by atoms with Gasteiger partial charge < -0.3 is 5.32 Å². The molecule has 26 heavy (non-hydrogen) atoms. The molecule has 0 fully saturated rings. The topological polar surface area (TPSA) is 12.0 Å². The van der Waals surface area contributed by atoms with Gasteiger partial charge in [0.1, 0.15) is 0 Å². The Bertz CT molecular complexity index is 832. The predicted octanol–water partition coefficient (Wildman–Crippen LogP) is 9.03. The summed E-state index contributed by atoms with van der Waals surface area (Å²) in [7, 11) is 0. The van der Waals surface area contributed by atoms with Crippen molar-refractivity contribution in [3.8, 4) is 0 Å². The van der Waals surface area contributed by atoms with Crippen LogP contribution in [0.2, 0.25) is 36.2 Å². The van der Waals surface area contributed by atoms with E-state index in [1.165, 1.54) is 6.42 Å². The van der Waals surface area contributed by atoms with E-state index in [1.54, 1.807) is 9.94 Å². The zero-order valence-electron chi connectivity index (χ0n) is 16.3. The summed E-state index contributed by atoms with van der Waals surface area (Å²) in [5, 5.41) is 16.7. The predicted molar refractivity (Wildman–Crippen MR) is 117 cm³/mol. The van der Waals surface area contributed by atoms with E-state index in [4.69, 9.17) is 23.2 Å². The Labute approximate surface area is 166 Å². The van der Waals surface area contributed by atoms with E-state index in [2.05, 4.69) is 49.7 Å². The molecule has 0 amide bonds. The van der Waals surface area contributed by atoms with Gasteiger partial charge in [0.25, 0.3) is 0 Å². The molecule has 2 aromatic rings. The Balaban J connectivity index is 0.000000197. The minimum absolute atomic E-state index is 0.544. The molecule has 0 saturated heterocycles. The molecule has 0 radical (unpaired) electrons. The fourth-order valence-corrected chi connectivity index (χ4v) is 6.23. The van der Waals surface area contributed by atoms with Crippen LogP contribution in [0.15, 0.2) is 70.6 Å². The van der Waals surface area contributed by atoms with Crippen molar-refractivity contribution in [1.82, 2.24) is 0 Å². The first-order valence-corrected chi connectivity index (χ1v) is 18.3. The second-order valence-corrected chi connectivity index (χ2v) is 32.0. The second kappa shape index (κ2) is 7.21. The van der Waals surface area contributed by atoms with Crippen molar-refractivity contribution in [2.45, 2.75) is 32.6 Å². The van der Waals surface area contributed by atoms with Gasteiger partial charge in [0.2, 0.25) is 0 Å². The number of hydrogen-bond donors (Lipinski definition) is 1. The fourth-order valence-electron chi connectivity index (χ4n) is 2.65. The number of rotatable bonds is 3. The van der Waals surface area contributed by atoms with Crippen molar-refractivity contribution in [3.63, 3.8) is 0 Å². The van der Waals surface area contributed by atoms with Crippen LogP contribution in [0.4, 0.5) is 11.4 Å². The molecule has 0 bridgehead atoms. The number of para-hydroxylation sites is 1. The van der Waals surface area contributed by atoms with Crippen molar-refractivity contribution in [2.24, 2.45) is 0 Å². The van der Waals surface area contributed by atoms with Crippen LogP contribution >= 0.6 is 23.2 Å². The molecule has 0 saturated carbocycles. The summed E-state index contributed by atoms with van der Waals surface area (Å²) < 4.78 is 1.70. The molecule has 0 atom stereocenters.